The topological polar surface area (TPSA) is 48.0 Å². The zero-order valence-electron chi connectivity index (χ0n) is 11.4. The first-order chi connectivity index (χ1) is 9.77. The smallest absolute Gasteiger partial charge is 0.217 e. The number of aryl methyl sites for hydroxylation is 1. The number of nitrogens with two attached hydrogens (primary N) is 1. The van der Waals surface area contributed by atoms with Crippen molar-refractivity contribution in [2.75, 3.05) is 0 Å². The van der Waals surface area contributed by atoms with Gasteiger partial charge >= 0.3 is 0 Å². The molecule has 3 nitrogen and oxygen atoms in total. The van der Waals surface area contributed by atoms with Gasteiger partial charge in [0.05, 0.1) is 0 Å². The predicted octanol–water partition coefficient (Wildman–Crippen LogP) is 3.45. The van der Waals surface area contributed by atoms with Crippen LogP contribution >= 0.6 is 0 Å². The zero-order chi connectivity index (χ0) is 13.9. The molecule has 3 aromatic rings. The molecule has 0 fully saturated rings. The lowest BCUT2D eigenvalue weighted by Crippen LogP contribution is -2.10. The lowest BCUT2D eigenvalue weighted by molar-refractivity contribution is -0.118. The number of primary amides is 1. The molecule has 3 rings (SSSR count). The van der Waals surface area contributed by atoms with Crippen molar-refractivity contribution in [2.45, 2.75) is 25.8 Å². The summed E-state index contributed by atoms with van der Waals surface area (Å²) in [5, 5.41) is 2.58. The second-order valence-electron chi connectivity index (χ2n) is 5.11. The number of fused-ring (bicyclic) bond motifs is 3. The van der Waals surface area contributed by atoms with Crippen LogP contribution in [0.5, 0.6) is 0 Å². The minimum absolute atomic E-state index is 0.216. The minimum Gasteiger partial charge on any atom is -0.370 e. The van der Waals surface area contributed by atoms with Crippen molar-refractivity contribution in [1.29, 1.82) is 0 Å². The summed E-state index contributed by atoms with van der Waals surface area (Å²) >= 11 is 0. The molecule has 20 heavy (non-hydrogen) atoms. The van der Waals surface area contributed by atoms with Gasteiger partial charge in [0.15, 0.2) is 0 Å². The molecule has 1 aromatic heterocycles. The summed E-state index contributed by atoms with van der Waals surface area (Å²) in [7, 11) is 0. The molecule has 1 amide bonds. The second kappa shape index (κ2) is 5.37. The van der Waals surface area contributed by atoms with E-state index in [1.54, 1.807) is 0 Å². The molecule has 0 aliphatic rings. The maximum absolute atomic E-state index is 10.8. The van der Waals surface area contributed by atoms with E-state index >= 15 is 0 Å². The fraction of sp³-hybridized carbons (Fsp3) is 0.235. The van der Waals surface area contributed by atoms with Crippen LogP contribution in [0, 0.1) is 0 Å². The highest BCUT2D eigenvalue weighted by molar-refractivity contribution is 6.07. The van der Waals surface area contributed by atoms with Crippen molar-refractivity contribution >= 4 is 27.7 Å². The number of hydrogen-bond acceptors (Lipinski definition) is 1. The van der Waals surface area contributed by atoms with Gasteiger partial charge in [-0.3, -0.25) is 4.79 Å². The van der Waals surface area contributed by atoms with Crippen LogP contribution in [0.1, 0.15) is 19.3 Å². The van der Waals surface area contributed by atoms with Gasteiger partial charge in [-0.15, -0.1) is 0 Å². The molecule has 0 radical (unpaired) electrons. The average molecular weight is 266 g/mol. The van der Waals surface area contributed by atoms with Crippen LogP contribution in [0.15, 0.2) is 48.5 Å². The number of carbonyl (C=O) groups is 1. The van der Waals surface area contributed by atoms with E-state index in [1.165, 1.54) is 21.8 Å². The van der Waals surface area contributed by atoms with E-state index in [0.29, 0.717) is 6.42 Å². The Kier molecular flexibility index (Phi) is 3.42. The largest absolute Gasteiger partial charge is 0.370 e. The number of hydrogen-bond donors (Lipinski definition) is 1. The van der Waals surface area contributed by atoms with E-state index < -0.39 is 0 Å². The molecule has 102 valence electrons. The van der Waals surface area contributed by atoms with Crippen LogP contribution < -0.4 is 5.73 Å². The van der Waals surface area contributed by atoms with E-state index in [0.717, 1.165) is 19.4 Å². The van der Waals surface area contributed by atoms with Crippen LogP contribution in [0.25, 0.3) is 21.8 Å². The Labute approximate surface area is 118 Å². The molecule has 0 aliphatic heterocycles. The SMILES string of the molecule is NC(=O)CCCCn1c2ccccc2c2ccccc21. The van der Waals surface area contributed by atoms with E-state index in [4.69, 9.17) is 5.73 Å². The number of aromatic nitrogens is 1. The van der Waals surface area contributed by atoms with Crippen molar-refractivity contribution < 1.29 is 4.79 Å². The van der Waals surface area contributed by atoms with Crippen LogP contribution in [0.4, 0.5) is 0 Å². The van der Waals surface area contributed by atoms with E-state index in [-0.39, 0.29) is 5.91 Å². The first kappa shape index (κ1) is 12.7. The number of carbonyl (C=O) groups excluding carboxylic acids is 1. The third-order valence-corrected chi connectivity index (χ3v) is 3.73. The molecular weight excluding hydrogens is 248 g/mol. The van der Waals surface area contributed by atoms with Crippen molar-refractivity contribution in [3.8, 4) is 0 Å². The number of benzene rings is 2. The minimum atomic E-state index is -0.216. The summed E-state index contributed by atoms with van der Waals surface area (Å²) in [6.45, 7) is 0.918. The zero-order valence-corrected chi connectivity index (χ0v) is 11.4. The predicted molar refractivity (Wildman–Crippen MR) is 82.5 cm³/mol. The molecular formula is C17H18N2O. The standard InChI is InChI=1S/C17H18N2O/c18-17(20)11-5-6-12-19-15-9-3-1-7-13(15)14-8-2-4-10-16(14)19/h1-4,7-10H,5-6,11-12H2,(H2,18,20). The number of para-hydroxylation sites is 2. The Balaban J connectivity index is 1.97. The van der Waals surface area contributed by atoms with Gasteiger partial charge in [0.1, 0.15) is 0 Å². The van der Waals surface area contributed by atoms with Crippen LogP contribution in [0.2, 0.25) is 0 Å². The molecule has 0 saturated heterocycles. The Morgan fingerprint density at radius 3 is 2.00 bits per heavy atom. The third-order valence-electron chi connectivity index (χ3n) is 3.73. The third kappa shape index (κ3) is 2.27. The van der Waals surface area contributed by atoms with Gasteiger partial charge in [-0.25, -0.2) is 0 Å². The van der Waals surface area contributed by atoms with Gasteiger partial charge in [-0.2, -0.15) is 0 Å². The lowest BCUT2D eigenvalue weighted by atomic mass is 10.2. The average Bonchev–Trinajstić information content (AvgIpc) is 2.78. The monoisotopic (exact) mass is 266 g/mol. The number of amides is 1. The van der Waals surface area contributed by atoms with Gasteiger partial charge in [0, 0.05) is 34.8 Å². The molecule has 2 N–H and O–H groups in total. The fourth-order valence-corrected chi connectivity index (χ4v) is 2.81. The summed E-state index contributed by atoms with van der Waals surface area (Å²) in [5.41, 5.74) is 7.70. The number of unbranched alkanes of at least 4 members (excludes halogenated alkanes) is 1. The molecule has 0 spiro atoms. The van der Waals surface area contributed by atoms with Crippen molar-refractivity contribution in [3.05, 3.63) is 48.5 Å². The molecule has 1 heterocycles. The maximum atomic E-state index is 10.8. The Morgan fingerprint density at radius 2 is 1.45 bits per heavy atom. The first-order valence-corrected chi connectivity index (χ1v) is 7.01. The summed E-state index contributed by atoms with van der Waals surface area (Å²) in [5.74, 6) is -0.216. The van der Waals surface area contributed by atoms with E-state index in [1.807, 2.05) is 0 Å². The normalized spacial score (nSPS) is 11.2. The van der Waals surface area contributed by atoms with E-state index in [2.05, 4.69) is 53.1 Å². The van der Waals surface area contributed by atoms with Gasteiger partial charge in [-0.05, 0) is 25.0 Å². The highest BCUT2D eigenvalue weighted by Crippen LogP contribution is 2.28. The van der Waals surface area contributed by atoms with Crippen molar-refractivity contribution in [3.63, 3.8) is 0 Å². The quantitative estimate of drug-likeness (QED) is 0.706. The molecule has 0 atom stereocenters. The summed E-state index contributed by atoms with van der Waals surface area (Å²) in [4.78, 5) is 10.8. The van der Waals surface area contributed by atoms with E-state index in [9.17, 15) is 4.79 Å². The number of nitrogens with zero attached hydrogens (tertiary/aromatic N) is 1. The molecule has 0 saturated carbocycles. The summed E-state index contributed by atoms with van der Waals surface area (Å²) in [6.07, 6.45) is 2.28. The Hall–Kier alpha value is -2.29. The first-order valence-electron chi connectivity index (χ1n) is 7.01. The highest BCUT2D eigenvalue weighted by Gasteiger charge is 2.08. The molecule has 2 aromatic carbocycles. The number of rotatable bonds is 5. The summed E-state index contributed by atoms with van der Waals surface area (Å²) < 4.78 is 2.34. The Morgan fingerprint density at radius 1 is 0.900 bits per heavy atom. The molecule has 3 heteroatoms. The highest BCUT2D eigenvalue weighted by atomic mass is 16.1. The fourth-order valence-electron chi connectivity index (χ4n) is 2.81. The second-order valence-corrected chi connectivity index (χ2v) is 5.11. The van der Waals surface area contributed by atoms with Gasteiger partial charge in [0.25, 0.3) is 0 Å². The van der Waals surface area contributed by atoms with Crippen molar-refractivity contribution in [2.24, 2.45) is 5.73 Å². The lowest BCUT2D eigenvalue weighted by Gasteiger charge is -2.06. The van der Waals surface area contributed by atoms with Crippen LogP contribution in [-0.4, -0.2) is 10.5 Å². The maximum Gasteiger partial charge on any atom is 0.217 e. The molecule has 0 unspecified atom stereocenters. The molecule has 0 aliphatic carbocycles. The molecule has 0 bridgehead atoms. The van der Waals surface area contributed by atoms with Crippen LogP contribution in [-0.2, 0) is 11.3 Å². The Bertz CT molecular complexity index is 705. The van der Waals surface area contributed by atoms with Gasteiger partial charge in [-0.1, -0.05) is 36.4 Å². The van der Waals surface area contributed by atoms with Crippen LogP contribution in [0.3, 0.4) is 0 Å². The summed E-state index contributed by atoms with van der Waals surface area (Å²) in [6, 6.07) is 16.9. The van der Waals surface area contributed by atoms with Crippen molar-refractivity contribution in [1.82, 2.24) is 4.57 Å². The van der Waals surface area contributed by atoms with Gasteiger partial charge in [0.2, 0.25) is 5.91 Å². The van der Waals surface area contributed by atoms with Gasteiger partial charge < -0.3 is 10.3 Å².